The van der Waals surface area contributed by atoms with E-state index in [0.717, 1.165) is 12.6 Å². The zero-order chi connectivity index (χ0) is 11.4. The van der Waals surface area contributed by atoms with E-state index in [-0.39, 0.29) is 11.6 Å². The van der Waals surface area contributed by atoms with Crippen LogP contribution in [0, 0.1) is 11.6 Å². The average molecular weight is 243 g/mol. The third-order valence-electron chi connectivity index (χ3n) is 2.72. The second-order valence-corrected chi connectivity index (χ2v) is 5.41. The zero-order valence-electron chi connectivity index (χ0n) is 9.01. The Morgan fingerprint density at radius 2 is 2.25 bits per heavy atom. The van der Waals surface area contributed by atoms with E-state index in [4.69, 9.17) is 0 Å². The molecule has 0 bridgehead atoms. The summed E-state index contributed by atoms with van der Waals surface area (Å²) in [4.78, 5) is 0. The van der Waals surface area contributed by atoms with Gasteiger partial charge in [-0.15, -0.1) is 0 Å². The molecule has 0 aliphatic carbocycles. The van der Waals surface area contributed by atoms with E-state index in [1.165, 1.54) is 30.7 Å². The molecule has 1 nitrogen and oxygen atoms in total. The Labute approximate surface area is 98.6 Å². The van der Waals surface area contributed by atoms with Crippen molar-refractivity contribution in [2.75, 3.05) is 12.3 Å². The van der Waals surface area contributed by atoms with Gasteiger partial charge in [0.15, 0.2) is 0 Å². The van der Waals surface area contributed by atoms with Crippen LogP contribution in [0.4, 0.5) is 8.78 Å². The van der Waals surface area contributed by atoms with Crippen molar-refractivity contribution in [3.05, 3.63) is 35.4 Å². The van der Waals surface area contributed by atoms with Crippen molar-refractivity contribution < 1.29 is 8.78 Å². The van der Waals surface area contributed by atoms with Gasteiger partial charge in [-0.2, -0.15) is 11.8 Å². The van der Waals surface area contributed by atoms with Gasteiger partial charge < -0.3 is 5.32 Å². The zero-order valence-corrected chi connectivity index (χ0v) is 9.83. The van der Waals surface area contributed by atoms with Gasteiger partial charge in [0, 0.05) is 23.9 Å². The van der Waals surface area contributed by atoms with E-state index in [2.05, 4.69) is 5.32 Å². The summed E-state index contributed by atoms with van der Waals surface area (Å²) < 4.78 is 26.1. The molecule has 1 atom stereocenters. The second-order valence-electron chi connectivity index (χ2n) is 4.00. The predicted octanol–water partition coefficient (Wildman–Crippen LogP) is 2.95. The van der Waals surface area contributed by atoms with Gasteiger partial charge >= 0.3 is 0 Å². The number of thioether (sulfide) groups is 1. The summed E-state index contributed by atoms with van der Waals surface area (Å²) in [5.74, 6) is 0.502. The molecule has 1 aliphatic rings. The van der Waals surface area contributed by atoms with Gasteiger partial charge in [0.2, 0.25) is 0 Å². The van der Waals surface area contributed by atoms with Crippen molar-refractivity contribution in [1.82, 2.24) is 5.32 Å². The first kappa shape index (κ1) is 11.9. The van der Waals surface area contributed by atoms with Crippen LogP contribution >= 0.6 is 11.8 Å². The minimum atomic E-state index is -0.381. The molecule has 4 heteroatoms. The summed E-state index contributed by atoms with van der Waals surface area (Å²) in [6, 6.07) is 3.58. The number of nitrogens with one attached hydrogen (secondary N) is 1. The van der Waals surface area contributed by atoms with Crippen molar-refractivity contribution in [1.29, 1.82) is 0 Å². The highest BCUT2D eigenvalue weighted by Gasteiger charge is 2.14. The first-order chi connectivity index (χ1) is 7.75. The maximum atomic E-state index is 13.3. The van der Waals surface area contributed by atoms with Crippen LogP contribution in [0.25, 0.3) is 0 Å². The van der Waals surface area contributed by atoms with Crippen LogP contribution in [0.2, 0.25) is 0 Å². The molecule has 0 saturated carbocycles. The van der Waals surface area contributed by atoms with Crippen LogP contribution < -0.4 is 5.32 Å². The third-order valence-corrected chi connectivity index (χ3v) is 4.12. The summed E-state index contributed by atoms with van der Waals surface area (Å²) in [7, 11) is 0. The fraction of sp³-hybridized carbons (Fsp3) is 0.500. The van der Waals surface area contributed by atoms with Gasteiger partial charge in [0.1, 0.15) is 11.6 Å². The number of hydrogen-bond donors (Lipinski definition) is 1. The molecule has 88 valence electrons. The van der Waals surface area contributed by atoms with Gasteiger partial charge in [-0.3, -0.25) is 0 Å². The largest absolute Gasteiger partial charge is 0.311 e. The smallest absolute Gasteiger partial charge is 0.127 e. The Kier molecular flexibility index (Phi) is 4.18. The van der Waals surface area contributed by atoms with Gasteiger partial charge in [-0.05, 0) is 36.8 Å². The van der Waals surface area contributed by atoms with Crippen LogP contribution in [0.1, 0.15) is 18.4 Å². The highest BCUT2D eigenvalue weighted by atomic mass is 32.2. The van der Waals surface area contributed by atoms with E-state index < -0.39 is 0 Å². The fourth-order valence-corrected chi connectivity index (χ4v) is 3.09. The van der Waals surface area contributed by atoms with Gasteiger partial charge in [-0.1, -0.05) is 0 Å². The number of rotatable bonds is 4. The van der Waals surface area contributed by atoms with Crippen molar-refractivity contribution in [2.45, 2.75) is 24.6 Å². The van der Waals surface area contributed by atoms with E-state index >= 15 is 0 Å². The molecule has 1 N–H and O–H groups in total. The second kappa shape index (κ2) is 5.64. The molecule has 0 amide bonds. The Balaban J connectivity index is 1.82. The molecule has 1 unspecified atom stereocenters. The van der Waals surface area contributed by atoms with Crippen molar-refractivity contribution in [2.24, 2.45) is 0 Å². The lowest BCUT2D eigenvalue weighted by Crippen LogP contribution is -2.23. The lowest BCUT2D eigenvalue weighted by atomic mass is 10.2. The highest BCUT2D eigenvalue weighted by Crippen LogP contribution is 2.25. The number of benzene rings is 1. The average Bonchev–Trinajstić information content (AvgIpc) is 2.76. The first-order valence-corrected chi connectivity index (χ1v) is 6.57. The topological polar surface area (TPSA) is 12.0 Å². The number of hydrogen-bond acceptors (Lipinski definition) is 2. The molecule has 1 heterocycles. The number of halogens is 2. The van der Waals surface area contributed by atoms with E-state index in [9.17, 15) is 8.78 Å². The Morgan fingerprint density at radius 3 is 3.00 bits per heavy atom. The maximum absolute atomic E-state index is 13.3. The molecular formula is C12H15F2NS. The molecule has 1 aromatic carbocycles. The molecule has 2 rings (SSSR count). The molecule has 1 aliphatic heterocycles. The SMILES string of the molecule is Fc1ccc(F)c(CNCC2CCCS2)c1. The van der Waals surface area contributed by atoms with E-state index in [0.29, 0.717) is 17.4 Å². The summed E-state index contributed by atoms with van der Waals surface area (Å²) in [6.07, 6.45) is 2.49. The van der Waals surface area contributed by atoms with Crippen molar-refractivity contribution in [3.63, 3.8) is 0 Å². The first-order valence-electron chi connectivity index (χ1n) is 5.52. The Bertz CT molecular complexity index is 351. The predicted molar refractivity (Wildman–Crippen MR) is 63.5 cm³/mol. The van der Waals surface area contributed by atoms with Crippen LogP contribution in [-0.4, -0.2) is 17.5 Å². The van der Waals surface area contributed by atoms with Crippen LogP contribution in [-0.2, 0) is 6.54 Å². The minimum Gasteiger partial charge on any atom is -0.311 e. The molecule has 0 spiro atoms. The Morgan fingerprint density at radius 1 is 1.38 bits per heavy atom. The minimum absolute atomic E-state index is 0.340. The monoisotopic (exact) mass is 243 g/mol. The van der Waals surface area contributed by atoms with E-state index in [1.54, 1.807) is 0 Å². The quantitative estimate of drug-likeness (QED) is 0.872. The molecule has 1 aromatic rings. The molecule has 1 fully saturated rings. The fourth-order valence-electron chi connectivity index (χ4n) is 1.85. The molecule has 1 saturated heterocycles. The van der Waals surface area contributed by atoms with Crippen molar-refractivity contribution >= 4 is 11.8 Å². The lowest BCUT2D eigenvalue weighted by Gasteiger charge is -2.10. The van der Waals surface area contributed by atoms with Gasteiger partial charge in [0.25, 0.3) is 0 Å². The molecule has 0 radical (unpaired) electrons. The van der Waals surface area contributed by atoms with Crippen molar-refractivity contribution in [3.8, 4) is 0 Å². The van der Waals surface area contributed by atoms with Gasteiger partial charge in [-0.25, -0.2) is 8.78 Å². The van der Waals surface area contributed by atoms with Crippen LogP contribution in [0.5, 0.6) is 0 Å². The summed E-state index contributed by atoms with van der Waals surface area (Å²) in [5, 5.41) is 3.82. The highest BCUT2D eigenvalue weighted by molar-refractivity contribution is 8.00. The molecule has 0 aromatic heterocycles. The normalized spacial score (nSPS) is 20.2. The summed E-state index contributed by atoms with van der Waals surface area (Å²) >= 11 is 1.95. The molecule has 16 heavy (non-hydrogen) atoms. The van der Waals surface area contributed by atoms with E-state index in [1.807, 2.05) is 11.8 Å². The van der Waals surface area contributed by atoms with Crippen LogP contribution in [0.15, 0.2) is 18.2 Å². The third kappa shape index (κ3) is 3.19. The Hall–Kier alpha value is -0.610. The van der Waals surface area contributed by atoms with Gasteiger partial charge in [0.05, 0.1) is 0 Å². The summed E-state index contributed by atoms with van der Waals surface area (Å²) in [6.45, 7) is 1.28. The molecular weight excluding hydrogens is 228 g/mol. The lowest BCUT2D eigenvalue weighted by molar-refractivity contribution is 0.565. The summed E-state index contributed by atoms with van der Waals surface area (Å²) in [5.41, 5.74) is 0.406. The van der Waals surface area contributed by atoms with Crippen LogP contribution in [0.3, 0.4) is 0 Å². The maximum Gasteiger partial charge on any atom is 0.127 e. The standard InChI is InChI=1S/C12H15F2NS/c13-10-3-4-12(14)9(6-10)7-15-8-11-2-1-5-16-11/h3-4,6,11,15H,1-2,5,7-8H2.